The molecule has 2 aromatic rings. The second-order valence-corrected chi connectivity index (χ2v) is 5.32. The first kappa shape index (κ1) is 17.1. The molecule has 2 amide bonds. The largest absolute Gasteiger partial charge is 0.343 e. The van der Waals surface area contributed by atoms with E-state index in [2.05, 4.69) is 20.4 Å². The lowest BCUT2D eigenvalue weighted by atomic mass is 10.2. The Hall–Kier alpha value is -2.22. The van der Waals surface area contributed by atoms with Crippen LogP contribution in [0.15, 0.2) is 6.20 Å². The molecule has 0 aliphatic heterocycles. The highest BCUT2D eigenvalue weighted by molar-refractivity contribution is 6.34. The van der Waals surface area contributed by atoms with Gasteiger partial charge >= 0.3 is 0 Å². The van der Waals surface area contributed by atoms with E-state index in [4.69, 9.17) is 11.6 Å². The molecule has 1 N–H and O–H groups in total. The van der Waals surface area contributed by atoms with E-state index in [-0.39, 0.29) is 30.6 Å². The Morgan fingerprint density at radius 3 is 2.65 bits per heavy atom. The number of anilines is 1. The van der Waals surface area contributed by atoms with E-state index in [9.17, 15) is 9.59 Å². The molecule has 0 spiro atoms. The summed E-state index contributed by atoms with van der Waals surface area (Å²) in [5, 5.41) is 7.53. The number of carbonyl (C=O) groups excluding carboxylic acids is 2. The maximum atomic E-state index is 11.9. The summed E-state index contributed by atoms with van der Waals surface area (Å²) in [6.45, 7) is 5.09. The first-order valence-electron chi connectivity index (χ1n) is 7.39. The van der Waals surface area contributed by atoms with Gasteiger partial charge in [0.1, 0.15) is 0 Å². The molecule has 0 bridgehead atoms. The molecule has 2 aromatic heterocycles. The molecule has 2 heterocycles. The van der Waals surface area contributed by atoms with Crippen molar-refractivity contribution in [3.8, 4) is 0 Å². The SMILES string of the molecule is CCN(CC)C(=O)CCC(=O)Nc1ncc2c(Cl)nn(C)c2n1. The molecule has 124 valence electrons. The highest BCUT2D eigenvalue weighted by Gasteiger charge is 2.14. The van der Waals surface area contributed by atoms with Gasteiger partial charge in [0.2, 0.25) is 17.8 Å². The third-order valence-electron chi connectivity index (χ3n) is 3.47. The van der Waals surface area contributed by atoms with Crippen molar-refractivity contribution < 1.29 is 9.59 Å². The van der Waals surface area contributed by atoms with Crippen LogP contribution in [0.3, 0.4) is 0 Å². The number of carbonyl (C=O) groups is 2. The number of amides is 2. The molecule has 9 heteroatoms. The number of aryl methyl sites for hydroxylation is 1. The molecule has 0 aromatic carbocycles. The van der Waals surface area contributed by atoms with Gasteiger partial charge < -0.3 is 4.90 Å². The first-order valence-corrected chi connectivity index (χ1v) is 7.76. The number of halogens is 1. The number of nitrogens with zero attached hydrogens (tertiary/aromatic N) is 5. The lowest BCUT2D eigenvalue weighted by Crippen LogP contribution is -2.31. The first-order chi connectivity index (χ1) is 11.0. The molecule has 23 heavy (non-hydrogen) atoms. The van der Waals surface area contributed by atoms with Crippen LogP contribution >= 0.6 is 11.6 Å². The second kappa shape index (κ2) is 7.36. The Kier molecular flexibility index (Phi) is 5.49. The molecule has 0 atom stereocenters. The molecule has 0 radical (unpaired) electrons. The molecule has 0 aliphatic carbocycles. The summed E-state index contributed by atoms with van der Waals surface area (Å²) in [6, 6.07) is 0. The normalized spacial score (nSPS) is 10.8. The summed E-state index contributed by atoms with van der Waals surface area (Å²) in [6.07, 6.45) is 1.75. The van der Waals surface area contributed by atoms with Crippen molar-refractivity contribution in [2.24, 2.45) is 7.05 Å². The molecular weight excluding hydrogens is 320 g/mol. The van der Waals surface area contributed by atoms with Crippen LogP contribution in [0.25, 0.3) is 11.0 Å². The van der Waals surface area contributed by atoms with Crippen molar-refractivity contribution in [3.63, 3.8) is 0 Å². The molecule has 8 nitrogen and oxygen atoms in total. The topological polar surface area (TPSA) is 93.0 Å². The number of aromatic nitrogens is 4. The number of nitrogens with one attached hydrogen (secondary N) is 1. The third-order valence-corrected chi connectivity index (χ3v) is 3.75. The van der Waals surface area contributed by atoms with Crippen molar-refractivity contribution in [1.29, 1.82) is 0 Å². The maximum absolute atomic E-state index is 11.9. The van der Waals surface area contributed by atoms with Crippen molar-refractivity contribution in [2.45, 2.75) is 26.7 Å². The summed E-state index contributed by atoms with van der Waals surface area (Å²) in [4.78, 5) is 33.7. The van der Waals surface area contributed by atoms with Crippen LogP contribution < -0.4 is 5.32 Å². The summed E-state index contributed by atoms with van der Waals surface area (Å²) in [7, 11) is 1.70. The minimum Gasteiger partial charge on any atom is -0.343 e. The van der Waals surface area contributed by atoms with Crippen LogP contribution in [-0.4, -0.2) is 49.6 Å². The third kappa shape index (κ3) is 3.95. The van der Waals surface area contributed by atoms with E-state index in [1.807, 2.05) is 13.8 Å². The minimum absolute atomic E-state index is 0.0417. The Bertz CT molecular complexity index is 725. The molecule has 0 unspecified atom stereocenters. The Labute approximate surface area is 138 Å². The van der Waals surface area contributed by atoms with Crippen LogP contribution in [0.4, 0.5) is 5.95 Å². The second-order valence-electron chi connectivity index (χ2n) is 4.96. The molecular formula is C14H19ClN6O2. The Morgan fingerprint density at radius 2 is 2.00 bits per heavy atom. The van der Waals surface area contributed by atoms with Gasteiger partial charge in [-0.05, 0) is 13.8 Å². The van der Waals surface area contributed by atoms with E-state index >= 15 is 0 Å². The zero-order valence-electron chi connectivity index (χ0n) is 13.3. The number of hydrogen-bond donors (Lipinski definition) is 1. The quantitative estimate of drug-likeness (QED) is 0.863. The highest BCUT2D eigenvalue weighted by atomic mass is 35.5. The van der Waals surface area contributed by atoms with Gasteiger partial charge in [-0.1, -0.05) is 11.6 Å². The molecule has 0 saturated carbocycles. The fraction of sp³-hybridized carbons (Fsp3) is 0.500. The van der Waals surface area contributed by atoms with Crippen LogP contribution in [0, 0.1) is 0 Å². The molecule has 0 saturated heterocycles. The van der Waals surface area contributed by atoms with Crippen molar-refractivity contribution in [1.82, 2.24) is 24.6 Å². The van der Waals surface area contributed by atoms with Crippen molar-refractivity contribution >= 4 is 40.4 Å². The van der Waals surface area contributed by atoms with Gasteiger partial charge in [-0.3, -0.25) is 14.9 Å². The zero-order chi connectivity index (χ0) is 17.0. The average molecular weight is 339 g/mol. The zero-order valence-corrected chi connectivity index (χ0v) is 14.1. The molecule has 0 aliphatic rings. The predicted octanol–water partition coefficient (Wildman–Crippen LogP) is 1.60. The van der Waals surface area contributed by atoms with Crippen LogP contribution in [0.2, 0.25) is 5.15 Å². The lowest BCUT2D eigenvalue weighted by Gasteiger charge is -2.18. The smallest absolute Gasteiger partial charge is 0.231 e. The lowest BCUT2D eigenvalue weighted by molar-refractivity contribution is -0.132. The van der Waals surface area contributed by atoms with E-state index in [1.165, 1.54) is 10.9 Å². The van der Waals surface area contributed by atoms with Crippen LogP contribution in [-0.2, 0) is 16.6 Å². The average Bonchev–Trinajstić information content (AvgIpc) is 2.81. The Balaban J connectivity index is 1.98. The van der Waals surface area contributed by atoms with Gasteiger partial charge in [0.05, 0.1) is 5.39 Å². The summed E-state index contributed by atoms with van der Waals surface area (Å²) < 4.78 is 1.51. The maximum Gasteiger partial charge on any atom is 0.231 e. The van der Waals surface area contributed by atoms with Gasteiger partial charge in [0, 0.05) is 39.2 Å². The summed E-state index contributed by atoms with van der Waals surface area (Å²) >= 11 is 5.94. The fourth-order valence-electron chi connectivity index (χ4n) is 2.20. The minimum atomic E-state index is -0.307. The van der Waals surface area contributed by atoms with E-state index in [0.717, 1.165) is 0 Å². The van der Waals surface area contributed by atoms with Crippen LogP contribution in [0.5, 0.6) is 0 Å². The predicted molar refractivity (Wildman–Crippen MR) is 87.1 cm³/mol. The van der Waals surface area contributed by atoms with Crippen molar-refractivity contribution in [3.05, 3.63) is 11.3 Å². The summed E-state index contributed by atoms with van der Waals surface area (Å²) in [5.74, 6) is -0.185. The molecule has 2 rings (SSSR count). The van der Waals surface area contributed by atoms with E-state index in [0.29, 0.717) is 29.3 Å². The fourth-order valence-corrected chi connectivity index (χ4v) is 2.45. The van der Waals surface area contributed by atoms with Crippen molar-refractivity contribution in [2.75, 3.05) is 18.4 Å². The van der Waals surface area contributed by atoms with Gasteiger partial charge in [0.25, 0.3) is 0 Å². The number of fused-ring (bicyclic) bond motifs is 1. The van der Waals surface area contributed by atoms with Gasteiger partial charge in [0.15, 0.2) is 10.8 Å². The van der Waals surface area contributed by atoms with Gasteiger partial charge in [-0.25, -0.2) is 9.67 Å². The van der Waals surface area contributed by atoms with Crippen LogP contribution in [0.1, 0.15) is 26.7 Å². The number of rotatable bonds is 6. The van der Waals surface area contributed by atoms with E-state index in [1.54, 1.807) is 11.9 Å². The standard InChI is InChI=1S/C14H19ClN6O2/c1-4-21(5-2)11(23)7-6-10(22)17-14-16-8-9-12(15)19-20(3)13(9)18-14/h8H,4-7H2,1-3H3,(H,16,17,18,22). The van der Waals surface area contributed by atoms with Gasteiger partial charge in [-0.2, -0.15) is 10.1 Å². The monoisotopic (exact) mass is 338 g/mol. The summed E-state index contributed by atoms with van der Waals surface area (Å²) in [5.41, 5.74) is 0.527. The Morgan fingerprint density at radius 1 is 1.30 bits per heavy atom. The molecule has 0 fully saturated rings. The highest BCUT2D eigenvalue weighted by Crippen LogP contribution is 2.20. The van der Waals surface area contributed by atoms with E-state index < -0.39 is 0 Å². The van der Waals surface area contributed by atoms with Gasteiger partial charge in [-0.15, -0.1) is 0 Å². The number of hydrogen-bond acceptors (Lipinski definition) is 5.